The van der Waals surface area contributed by atoms with Crippen LogP contribution in [0.4, 0.5) is 5.69 Å². The number of ether oxygens (including phenoxy) is 2. The number of hydrogen-bond acceptors (Lipinski definition) is 5. The Hall–Kier alpha value is -2.99. The molecule has 0 radical (unpaired) electrons. The van der Waals surface area contributed by atoms with Gasteiger partial charge in [-0.2, -0.15) is 0 Å². The molecule has 0 aliphatic heterocycles. The molecule has 0 spiro atoms. The van der Waals surface area contributed by atoms with Crippen LogP contribution in [0.25, 0.3) is 11.0 Å². The summed E-state index contributed by atoms with van der Waals surface area (Å²) >= 11 is 5.89. The number of methoxy groups -OCH3 is 1. The van der Waals surface area contributed by atoms with Crippen LogP contribution in [0.5, 0.6) is 5.75 Å². The fourth-order valence-electron chi connectivity index (χ4n) is 2.60. The number of hydrogen-bond donors (Lipinski definition) is 1. The number of esters is 1. The number of anilines is 1. The fourth-order valence-corrected chi connectivity index (χ4v) is 2.79. The summed E-state index contributed by atoms with van der Waals surface area (Å²) in [5.41, 5.74) is 1.68. The number of nitrogens with one attached hydrogen (secondary N) is 1. The number of halogens is 1. The van der Waals surface area contributed by atoms with Gasteiger partial charge in [-0.3, -0.25) is 4.79 Å². The number of fused-ring (bicyclic) bond motifs is 1. The predicted octanol–water partition coefficient (Wildman–Crippen LogP) is 4.59. The molecule has 1 N–H and O–H groups in total. The highest BCUT2D eigenvalue weighted by Crippen LogP contribution is 2.29. The summed E-state index contributed by atoms with van der Waals surface area (Å²) in [4.78, 5) is 24.7. The van der Waals surface area contributed by atoms with Crippen LogP contribution in [0.3, 0.4) is 0 Å². The van der Waals surface area contributed by atoms with Gasteiger partial charge in [-0.1, -0.05) is 17.7 Å². The molecule has 140 valence electrons. The Kier molecular flexibility index (Phi) is 5.37. The van der Waals surface area contributed by atoms with E-state index in [0.29, 0.717) is 27.6 Å². The van der Waals surface area contributed by atoms with Gasteiger partial charge in [0.15, 0.2) is 6.10 Å². The van der Waals surface area contributed by atoms with Crippen LogP contribution in [-0.2, 0) is 9.53 Å². The van der Waals surface area contributed by atoms with E-state index in [4.69, 9.17) is 25.5 Å². The van der Waals surface area contributed by atoms with Gasteiger partial charge in [-0.05, 0) is 50.2 Å². The van der Waals surface area contributed by atoms with Crippen molar-refractivity contribution in [2.45, 2.75) is 20.0 Å². The highest BCUT2D eigenvalue weighted by Gasteiger charge is 2.24. The molecular formula is C20H18ClNO5. The third-order valence-electron chi connectivity index (χ3n) is 4.07. The van der Waals surface area contributed by atoms with E-state index in [0.717, 1.165) is 5.39 Å². The maximum atomic E-state index is 12.5. The minimum atomic E-state index is -1.02. The number of benzene rings is 2. The SMILES string of the molecule is COc1ccc2oc(C(=O)O[C@H](C)C(=O)Nc3cccc(Cl)c3)c(C)c2c1. The van der Waals surface area contributed by atoms with E-state index >= 15 is 0 Å². The first-order valence-corrected chi connectivity index (χ1v) is 8.61. The summed E-state index contributed by atoms with van der Waals surface area (Å²) in [5, 5.41) is 3.89. The second-order valence-corrected chi connectivity index (χ2v) is 6.40. The zero-order chi connectivity index (χ0) is 19.6. The summed E-state index contributed by atoms with van der Waals surface area (Å²) in [5.74, 6) is -0.473. The van der Waals surface area contributed by atoms with Crippen LogP contribution >= 0.6 is 11.6 Å². The third-order valence-corrected chi connectivity index (χ3v) is 4.31. The number of rotatable bonds is 5. The first-order chi connectivity index (χ1) is 12.9. The van der Waals surface area contributed by atoms with E-state index in [2.05, 4.69) is 5.32 Å². The lowest BCUT2D eigenvalue weighted by Gasteiger charge is -2.13. The monoisotopic (exact) mass is 387 g/mol. The van der Waals surface area contributed by atoms with Crippen LogP contribution in [0, 0.1) is 6.92 Å². The van der Waals surface area contributed by atoms with Gasteiger partial charge in [0.1, 0.15) is 11.3 Å². The lowest BCUT2D eigenvalue weighted by molar-refractivity contribution is -0.123. The third kappa shape index (κ3) is 4.06. The first kappa shape index (κ1) is 18.8. The van der Waals surface area contributed by atoms with E-state index in [9.17, 15) is 9.59 Å². The molecule has 1 amide bonds. The lowest BCUT2D eigenvalue weighted by atomic mass is 10.1. The van der Waals surface area contributed by atoms with Gasteiger partial charge in [0, 0.05) is 21.7 Å². The zero-order valence-corrected chi connectivity index (χ0v) is 15.8. The second-order valence-electron chi connectivity index (χ2n) is 5.97. The number of amides is 1. The van der Waals surface area contributed by atoms with Crippen molar-refractivity contribution in [1.29, 1.82) is 0 Å². The molecule has 1 heterocycles. The average molecular weight is 388 g/mol. The van der Waals surface area contributed by atoms with Crippen molar-refractivity contribution < 1.29 is 23.5 Å². The molecule has 3 rings (SSSR count). The lowest BCUT2D eigenvalue weighted by Crippen LogP contribution is -2.30. The second kappa shape index (κ2) is 7.72. The molecule has 6 nitrogen and oxygen atoms in total. The Labute approximate surface area is 161 Å². The van der Waals surface area contributed by atoms with Crippen molar-refractivity contribution in [2.75, 3.05) is 12.4 Å². The summed E-state index contributed by atoms with van der Waals surface area (Å²) in [7, 11) is 1.56. The molecule has 3 aromatic rings. The number of aryl methyl sites for hydroxylation is 1. The largest absolute Gasteiger partial charge is 0.497 e. The maximum Gasteiger partial charge on any atom is 0.375 e. The van der Waals surface area contributed by atoms with Crippen molar-refractivity contribution >= 4 is 40.1 Å². The zero-order valence-electron chi connectivity index (χ0n) is 15.0. The van der Waals surface area contributed by atoms with Crippen LogP contribution in [-0.4, -0.2) is 25.1 Å². The fraction of sp³-hybridized carbons (Fsp3) is 0.200. The van der Waals surface area contributed by atoms with Gasteiger partial charge >= 0.3 is 5.97 Å². The van der Waals surface area contributed by atoms with Crippen molar-refractivity contribution in [3.05, 3.63) is 58.8 Å². The molecule has 1 aromatic heterocycles. The Morgan fingerprint density at radius 2 is 1.96 bits per heavy atom. The smallest absolute Gasteiger partial charge is 0.375 e. The Balaban J connectivity index is 1.73. The van der Waals surface area contributed by atoms with E-state index in [1.807, 2.05) is 0 Å². The summed E-state index contributed by atoms with van der Waals surface area (Å²) in [6.07, 6.45) is -1.02. The highest BCUT2D eigenvalue weighted by atomic mass is 35.5. The molecule has 2 aromatic carbocycles. The average Bonchev–Trinajstić information content (AvgIpc) is 2.98. The summed E-state index contributed by atoms with van der Waals surface area (Å²) in [6.45, 7) is 3.23. The number of furan rings is 1. The van der Waals surface area contributed by atoms with E-state index in [-0.39, 0.29) is 5.76 Å². The Morgan fingerprint density at radius 1 is 1.19 bits per heavy atom. The van der Waals surface area contributed by atoms with Crippen molar-refractivity contribution in [3.63, 3.8) is 0 Å². The van der Waals surface area contributed by atoms with Gasteiger partial charge in [0.2, 0.25) is 5.76 Å². The molecule has 1 atom stereocenters. The molecule has 0 saturated heterocycles. The molecular weight excluding hydrogens is 370 g/mol. The minimum absolute atomic E-state index is 0.0562. The predicted molar refractivity (Wildman–Crippen MR) is 102 cm³/mol. The molecule has 0 unspecified atom stereocenters. The highest BCUT2D eigenvalue weighted by molar-refractivity contribution is 6.30. The normalized spacial score (nSPS) is 11.9. The molecule has 0 bridgehead atoms. The summed E-state index contributed by atoms with van der Waals surface area (Å²) < 4.78 is 16.0. The first-order valence-electron chi connectivity index (χ1n) is 8.23. The molecule has 0 saturated carbocycles. The van der Waals surface area contributed by atoms with Gasteiger partial charge in [0.05, 0.1) is 7.11 Å². The van der Waals surface area contributed by atoms with E-state index in [1.54, 1.807) is 56.5 Å². The van der Waals surface area contributed by atoms with Crippen molar-refractivity contribution in [3.8, 4) is 5.75 Å². The van der Waals surface area contributed by atoms with Gasteiger partial charge < -0.3 is 19.2 Å². The Bertz CT molecular complexity index is 1010. The molecule has 0 aliphatic carbocycles. The van der Waals surface area contributed by atoms with Crippen LogP contribution in [0.2, 0.25) is 5.02 Å². The molecule has 27 heavy (non-hydrogen) atoms. The summed E-state index contributed by atoms with van der Waals surface area (Å²) in [6, 6.07) is 11.9. The van der Waals surface area contributed by atoms with Crippen LogP contribution in [0.15, 0.2) is 46.9 Å². The van der Waals surface area contributed by atoms with Crippen LogP contribution < -0.4 is 10.1 Å². The van der Waals surface area contributed by atoms with Gasteiger partial charge in [-0.15, -0.1) is 0 Å². The van der Waals surface area contributed by atoms with Crippen molar-refractivity contribution in [2.24, 2.45) is 0 Å². The van der Waals surface area contributed by atoms with Gasteiger partial charge in [0.25, 0.3) is 5.91 Å². The number of carbonyl (C=O) groups is 2. The van der Waals surface area contributed by atoms with E-state index in [1.165, 1.54) is 6.92 Å². The topological polar surface area (TPSA) is 77.8 Å². The van der Waals surface area contributed by atoms with Crippen molar-refractivity contribution in [1.82, 2.24) is 0 Å². The molecule has 7 heteroatoms. The molecule has 0 fully saturated rings. The maximum absolute atomic E-state index is 12.5. The van der Waals surface area contributed by atoms with E-state index < -0.39 is 18.0 Å². The minimum Gasteiger partial charge on any atom is -0.497 e. The quantitative estimate of drug-likeness (QED) is 0.648. The van der Waals surface area contributed by atoms with Gasteiger partial charge in [-0.25, -0.2) is 4.79 Å². The Morgan fingerprint density at radius 3 is 2.67 bits per heavy atom. The van der Waals surface area contributed by atoms with Crippen LogP contribution in [0.1, 0.15) is 23.0 Å². The number of carbonyl (C=O) groups excluding carboxylic acids is 2. The standard InChI is InChI=1S/C20H18ClNO5/c1-11-16-10-15(25-3)7-8-17(16)27-18(11)20(24)26-12(2)19(23)22-14-6-4-5-13(21)9-14/h4-10,12H,1-3H3,(H,22,23)/t12-/m1/s1. The molecule has 0 aliphatic rings.